The first-order valence-corrected chi connectivity index (χ1v) is 10.9. The third kappa shape index (κ3) is 7.59. The molecule has 0 unspecified atom stereocenters. The highest BCUT2D eigenvalue weighted by atomic mass is 16.5. The third-order valence-corrected chi connectivity index (χ3v) is 5.54. The van der Waals surface area contributed by atoms with Gasteiger partial charge in [0.15, 0.2) is 0 Å². The summed E-state index contributed by atoms with van der Waals surface area (Å²) >= 11 is 0. The van der Waals surface area contributed by atoms with Gasteiger partial charge in [0.05, 0.1) is 0 Å². The number of aliphatic hydroxyl groups excluding tert-OH is 2. The fraction of sp³-hybridized carbons (Fsp3) is 0.727. The number of piperidine rings is 2. The number of hydrogen-bond acceptors (Lipinski definition) is 6. The van der Waals surface area contributed by atoms with Crippen LogP contribution in [0.3, 0.4) is 0 Å². The summed E-state index contributed by atoms with van der Waals surface area (Å²) in [6.45, 7) is 6.25. The molecular weight excluding hydrogens is 356 g/mol. The predicted molar refractivity (Wildman–Crippen MR) is 110 cm³/mol. The van der Waals surface area contributed by atoms with Gasteiger partial charge in [0, 0.05) is 13.1 Å². The van der Waals surface area contributed by atoms with Gasteiger partial charge in [-0.05, 0) is 76.1 Å². The minimum Gasteiger partial charge on any atom is -0.491 e. The lowest BCUT2D eigenvalue weighted by atomic mass is 10.1. The Bertz CT molecular complexity index is 493. The van der Waals surface area contributed by atoms with Crippen LogP contribution in [-0.4, -0.2) is 84.7 Å². The van der Waals surface area contributed by atoms with Gasteiger partial charge in [-0.15, -0.1) is 0 Å². The van der Waals surface area contributed by atoms with E-state index in [1.54, 1.807) is 0 Å². The first kappa shape index (κ1) is 21.4. The van der Waals surface area contributed by atoms with Crippen LogP contribution < -0.4 is 9.47 Å². The van der Waals surface area contributed by atoms with Gasteiger partial charge < -0.3 is 29.5 Å². The van der Waals surface area contributed by atoms with Crippen molar-refractivity contribution in [3.63, 3.8) is 0 Å². The minimum atomic E-state index is -0.473. The molecule has 2 heterocycles. The van der Waals surface area contributed by atoms with E-state index in [2.05, 4.69) is 9.80 Å². The molecule has 1 aromatic rings. The molecule has 2 saturated heterocycles. The number of benzene rings is 1. The van der Waals surface area contributed by atoms with Crippen LogP contribution in [0, 0.1) is 0 Å². The van der Waals surface area contributed by atoms with Gasteiger partial charge in [0.2, 0.25) is 0 Å². The summed E-state index contributed by atoms with van der Waals surface area (Å²) in [7, 11) is 0. The molecule has 0 aliphatic carbocycles. The van der Waals surface area contributed by atoms with Crippen LogP contribution in [0.15, 0.2) is 24.3 Å². The van der Waals surface area contributed by atoms with Crippen molar-refractivity contribution in [2.24, 2.45) is 0 Å². The molecule has 2 atom stereocenters. The van der Waals surface area contributed by atoms with E-state index in [1.165, 1.54) is 38.5 Å². The molecular formula is C22H36N2O4. The topological polar surface area (TPSA) is 65.4 Å². The normalized spacial score (nSPS) is 21.2. The molecule has 2 fully saturated rings. The number of aliphatic hydroxyl groups is 2. The molecule has 0 spiro atoms. The van der Waals surface area contributed by atoms with Gasteiger partial charge in [-0.1, -0.05) is 12.8 Å². The van der Waals surface area contributed by atoms with E-state index in [0.717, 1.165) is 37.7 Å². The zero-order chi connectivity index (χ0) is 19.6. The van der Waals surface area contributed by atoms with E-state index >= 15 is 0 Å². The fourth-order valence-corrected chi connectivity index (χ4v) is 4.00. The summed E-state index contributed by atoms with van der Waals surface area (Å²) in [5.74, 6) is 1.44. The van der Waals surface area contributed by atoms with Gasteiger partial charge in [0.25, 0.3) is 0 Å². The van der Waals surface area contributed by atoms with Crippen molar-refractivity contribution in [2.45, 2.75) is 50.7 Å². The van der Waals surface area contributed by atoms with E-state index in [0.29, 0.717) is 26.3 Å². The zero-order valence-corrected chi connectivity index (χ0v) is 17.0. The van der Waals surface area contributed by atoms with Crippen LogP contribution in [0.25, 0.3) is 0 Å². The highest BCUT2D eigenvalue weighted by Crippen LogP contribution is 2.18. The molecule has 2 aliphatic rings. The lowest BCUT2D eigenvalue weighted by molar-refractivity contribution is 0.0605. The van der Waals surface area contributed by atoms with E-state index in [4.69, 9.17) is 9.47 Å². The second kappa shape index (κ2) is 11.6. The van der Waals surface area contributed by atoms with Crippen molar-refractivity contribution in [2.75, 3.05) is 52.5 Å². The number of likely N-dealkylation sites (tertiary alicyclic amines) is 2. The molecule has 6 heteroatoms. The summed E-state index contributed by atoms with van der Waals surface area (Å²) in [6, 6.07) is 7.39. The molecule has 28 heavy (non-hydrogen) atoms. The van der Waals surface area contributed by atoms with E-state index in [9.17, 15) is 10.2 Å². The Morgan fingerprint density at radius 3 is 1.36 bits per heavy atom. The maximum absolute atomic E-state index is 10.2. The van der Waals surface area contributed by atoms with Crippen LogP contribution in [0.4, 0.5) is 0 Å². The molecule has 0 saturated carbocycles. The molecule has 158 valence electrons. The van der Waals surface area contributed by atoms with Gasteiger partial charge in [0.1, 0.15) is 36.9 Å². The molecule has 0 bridgehead atoms. The summed E-state index contributed by atoms with van der Waals surface area (Å²) < 4.78 is 11.4. The van der Waals surface area contributed by atoms with Gasteiger partial charge >= 0.3 is 0 Å². The number of nitrogens with zero attached hydrogens (tertiary/aromatic N) is 2. The number of hydrogen-bond donors (Lipinski definition) is 2. The Balaban J connectivity index is 1.32. The Kier molecular flexibility index (Phi) is 8.86. The van der Waals surface area contributed by atoms with Crippen LogP contribution in [0.5, 0.6) is 11.5 Å². The molecule has 0 aromatic heterocycles. The molecule has 6 nitrogen and oxygen atoms in total. The first-order valence-electron chi connectivity index (χ1n) is 10.9. The molecule has 2 N–H and O–H groups in total. The van der Waals surface area contributed by atoms with Crippen molar-refractivity contribution in [3.8, 4) is 11.5 Å². The summed E-state index contributed by atoms with van der Waals surface area (Å²) in [4.78, 5) is 4.62. The first-order chi connectivity index (χ1) is 13.7. The van der Waals surface area contributed by atoms with Crippen LogP contribution in [0.2, 0.25) is 0 Å². The fourth-order valence-electron chi connectivity index (χ4n) is 4.00. The minimum absolute atomic E-state index is 0.297. The van der Waals surface area contributed by atoms with Crippen molar-refractivity contribution in [1.29, 1.82) is 0 Å². The van der Waals surface area contributed by atoms with Gasteiger partial charge in [-0.2, -0.15) is 0 Å². The average Bonchev–Trinajstić information content (AvgIpc) is 2.73. The predicted octanol–water partition coefficient (Wildman–Crippen LogP) is 2.14. The lowest BCUT2D eigenvalue weighted by Crippen LogP contribution is -2.38. The maximum Gasteiger partial charge on any atom is 0.119 e. The Labute approximate surface area is 169 Å². The van der Waals surface area contributed by atoms with Crippen molar-refractivity contribution in [3.05, 3.63) is 24.3 Å². The Hall–Kier alpha value is -1.34. The second-order valence-electron chi connectivity index (χ2n) is 8.12. The number of ether oxygens (including phenoxy) is 2. The SMILES string of the molecule is O[C@H](COc1ccc(OC[C@@H](O)CN2CCCCC2)cc1)CN1CCCCC1. The van der Waals surface area contributed by atoms with Crippen molar-refractivity contribution >= 4 is 0 Å². The van der Waals surface area contributed by atoms with E-state index in [1.807, 2.05) is 24.3 Å². The molecule has 2 aliphatic heterocycles. The maximum atomic E-state index is 10.2. The lowest BCUT2D eigenvalue weighted by Gasteiger charge is -2.28. The number of β-amino-alcohol motifs (C(OH)–C–C–N with tert-alkyl or cyclic N) is 2. The molecule has 3 rings (SSSR count). The summed E-state index contributed by atoms with van der Waals surface area (Å²) in [6.07, 6.45) is 6.55. The van der Waals surface area contributed by atoms with Crippen molar-refractivity contribution in [1.82, 2.24) is 9.80 Å². The Morgan fingerprint density at radius 2 is 1.00 bits per heavy atom. The monoisotopic (exact) mass is 392 g/mol. The summed E-state index contributed by atoms with van der Waals surface area (Å²) in [5.41, 5.74) is 0. The standard InChI is InChI=1S/C22H36N2O4/c25-19(15-23-11-3-1-4-12-23)17-27-21-7-9-22(10-8-21)28-18-20(26)16-24-13-5-2-6-14-24/h7-10,19-20,25-26H,1-6,11-18H2/t19-,20-/m0/s1. The zero-order valence-electron chi connectivity index (χ0n) is 17.0. The average molecular weight is 393 g/mol. The van der Waals surface area contributed by atoms with Crippen LogP contribution in [-0.2, 0) is 0 Å². The van der Waals surface area contributed by atoms with E-state index < -0.39 is 12.2 Å². The van der Waals surface area contributed by atoms with E-state index in [-0.39, 0.29) is 0 Å². The Morgan fingerprint density at radius 1 is 0.643 bits per heavy atom. The van der Waals surface area contributed by atoms with Crippen LogP contribution >= 0.6 is 0 Å². The highest BCUT2D eigenvalue weighted by molar-refractivity contribution is 5.31. The van der Waals surface area contributed by atoms with Gasteiger partial charge in [-0.3, -0.25) is 0 Å². The second-order valence-corrected chi connectivity index (χ2v) is 8.12. The number of rotatable bonds is 10. The molecule has 0 amide bonds. The van der Waals surface area contributed by atoms with Crippen molar-refractivity contribution < 1.29 is 19.7 Å². The molecule has 0 radical (unpaired) electrons. The smallest absolute Gasteiger partial charge is 0.119 e. The van der Waals surface area contributed by atoms with Crippen LogP contribution in [0.1, 0.15) is 38.5 Å². The molecule has 1 aromatic carbocycles. The highest BCUT2D eigenvalue weighted by Gasteiger charge is 2.16. The summed E-state index contributed by atoms with van der Waals surface area (Å²) in [5, 5.41) is 20.3. The third-order valence-electron chi connectivity index (χ3n) is 5.54. The quantitative estimate of drug-likeness (QED) is 0.636. The largest absolute Gasteiger partial charge is 0.491 e. The van der Waals surface area contributed by atoms with Gasteiger partial charge in [-0.25, -0.2) is 0 Å².